The highest BCUT2D eigenvalue weighted by Crippen LogP contribution is 2.40. The predicted octanol–water partition coefficient (Wildman–Crippen LogP) is 3.12. The van der Waals surface area contributed by atoms with Gasteiger partial charge in [0.1, 0.15) is 10.4 Å². The third kappa shape index (κ3) is 4.73. The van der Waals surface area contributed by atoms with Gasteiger partial charge in [0.05, 0.1) is 26.2 Å². The maximum Gasteiger partial charge on any atom is 0.326 e. The Labute approximate surface area is 177 Å². The van der Waals surface area contributed by atoms with Crippen molar-refractivity contribution in [1.29, 1.82) is 0 Å². The van der Waals surface area contributed by atoms with Crippen molar-refractivity contribution in [3.63, 3.8) is 0 Å². The van der Waals surface area contributed by atoms with Crippen LogP contribution in [0.2, 0.25) is 0 Å². The van der Waals surface area contributed by atoms with Crippen LogP contribution < -0.4 is 14.2 Å². The zero-order chi connectivity index (χ0) is 20.8. The summed E-state index contributed by atoms with van der Waals surface area (Å²) in [4.78, 5) is 26.0. The molecule has 1 aliphatic heterocycles. The minimum Gasteiger partial charge on any atom is -0.493 e. The van der Waals surface area contributed by atoms with Gasteiger partial charge in [-0.1, -0.05) is 24.0 Å². The Morgan fingerprint density at radius 3 is 2.36 bits per heavy atom. The van der Waals surface area contributed by atoms with Crippen molar-refractivity contribution in [1.82, 2.24) is 4.90 Å². The van der Waals surface area contributed by atoms with Crippen LogP contribution in [0.15, 0.2) is 17.0 Å². The van der Waals surface area contributed by atoms with E-state index in [0.717, 1.165) is 11.8 Å². The van der Waals surface area contributed by atoms with Crippen molar-refractivity contribution < 1.29 is 28.9 Å². The van der Waals surface area contributed by atoms with E-state index in [2.05, 4.69) is 0 Å². The predicted molar refractivity (Wildman–Crippen MR) is 116 cm³/mol. The van der Waals surface area contributed by atoms with E-state index in [-0.39, 0.29) is 4.32 Å². The van der Waals surface area contributed by atoms with Gasteiger partial charge in [-0.25, -0.2) is 4.79 Å². The molecule has 1 fully saturated rings. The van der Waals surface area contributed by atoms with Crippen LogP contribution in [0.4, 0.5) is 0 Å². The first-order valence-electron chi connectivity index (χ1n) is 8.16. The molecule has 10 heteroatoms. The van der Waals surface area contributed by atoms with E-state index in [1.54, 1.807) is 18.2 Å². The van der Waals surface area contributed by atoms with Gasteiger partial charge < -0.3 is 19.3 Å². The minimum atomic E-state index is -1.07. The van der Waals surface area contributed by atoms with E-state index in [1.807, 2.05) is 6.26 Å². The molecule has 1 aromatic rings. The number of carboxylic acids is 1. The summed E-state index contributed by atoms with van der Waals surface area (Å²) in [6, 6.07) is 2.43. The van der Waals surface area contributed by atoms with E-state index in [9.17, 15) is 14.7 Å². The van der Waals surface area contributed by atoms with Crippen LogP contribution >= 0.6 is 35.7 Å². The van der Waals surface area contributed by atoms with Crippen LogP contribution in [0, 0.1) is 0 Å². The van der Waals surface area contributed by atoms with Gasteiger partial charge in [0.25, 0.3) is 5.91 Å². The Bertz CT molecular complexity index is 786. The topological polar surface area (TPSA) is 85.3 Å². The number of methoxy groups -OCH3 is 3. The van der Waals surface area contributed by atoms with Crippen LogP contribution in [0.5, 0.6) is 17.2 Å². The fourth-order valence-electron chi connectivity index (χ4n) is 2.68. The molecular formula is C18H21NO6S3. The quantitative estimate of drug-likeness (QED) is 0.457. The van der Waals surface area contributed by atoms with Crippen molar-refractivity contribution in [3.05, 3.63) is 22.6 Å². The number of thiocarbonyl (C=S) groups is 1. The number of carbonyl (C=O) groups excluding carboxylic acids is 1. The van der Waals surface area contributed by atoms with Gasteiger partial charge in [-0.3, -0.25) is 9.69 Å². The molecule has 0 aliphatic carbocycles. The van der Waals surface area contributed by atoms with Crippen LogP contribution in [-0.2, 0) is 9.59 Å². The van der Waals surface area contributed by atoms with Crippen LogP contribution in [0.1, 0.15) is 12.0 Å². The number of benzene rings is 1. The van der Waals surface area contributed by atoms with Crippen LogP contribution in [0.3, 0.4) is 0 Å². The first kappa shape index (κ1) is 22.4. The maximum absolute atomic E-state index is 12.9. The van der Waals surface area contributed by atoms with E-state index in [0.29, 0.717) is 39.9 Å². The molecule has 1 aliphatic rings. The van der Waals surface area contributed by atoms with Gasteiger partial charge >= 0.3 is 5.97 Å². The summed E-state index contributed by atoms with van der Waals surface area (Å²) >= 11 is 7.88. The molecule has 1 saturated heterocycles. The number of carboxylic acid groups (broad SMARTS) is 1. The van der Waals surface area contributed by atoms with Gasteiger partial charge in [-0.05, 0) is 42.2 Å². The van der Waals surface area contributed by atoms with Crippen molar-refractivity contribution in [2.45, 2.75) is 12.5 Å². The van der Waals surface area contributed by atoms with E-state index in [4.69, 9.17) is 26.4 Å². The molecule has 0 saturated carbocycles. The Hall–Kier alpha value is -1.91. The lowest BCUT2D eigenvalue weighted by atomic mass is 10.1. The Balaban J connectivity index is 2.39. The van der Waals surface area contributed by atoms with Gasteiger partial charge in [0.15, 0.2) is 11.5 Å². The average Bonchev–Trinajstić information content (AvgIpc) is 2.94. The number of hydrogen-bond donors (Lipinski definition) is 1. The summed E-state index contributed by atoms with van der Waals surface area (Å²) in [5, 5.41) is 9.53. The zero-order valence-electron chi connectivity index (χ0n) is 15.9. The van der Waals surface area contributed by atoms with Gasteiger partial charge in [0.2, 0.25) is 5.75 Å². The second kappa shape index (κ2) is 10.0. The van der Waals surface area contributed by atoms with E-state index < -0.39 is 17.9 Å². The summed E-state index contributed by atoms with van der Waals surface area (Å²) in [6.45, 7) is 0. The lowest BCUT2D eigenvalue weighted by Gasteiger charge is -2.22. The second-order valence-corrected chi connectivity index (χ2v) is 8.31. The van der Waals surface area contributed by atoms with Gasteiger partial charge in [-0.2, -0.15) is 11.8 Å². The molecule has 0 spiro atoms. The monoisotopic (exact) mass is 443 g/mol. The van der Waals surface area contributed by atoms with E-state index >= 15 is 0 Å². The molecule has 7 nitrogen and oxygen atoms in total. The Morgan fingerprint density at radius 1 is 1.29 bits per heavy atom. The minimum absolute atomic E-state index is 0.234. The largest absolute Gasteiger partial charge is 0.493 e. The smallest absolute Gasteiger partial charge is 0.326 e. The standard InChI is InChI=1S/C18H21NO6S3/c1-23-12-7-10(8-13(24-2)15(12)25-3)9-14-16(20)19(18(26)28-14)11(17(21)22)5-6-27-4/h7-9,11H,5-6H2,1-4H3,(H,21,22)/b14-9-. The fourth-order valence-corrected chi connectivity index (χ4v) is 4.49. The second-order valence-electron chi connectivity index (χ2n) is 5.65. The number of aliphatic carboxylic acids is 1. The lowest BCUT2D eigenvalue weighted by Crippen LogP contribution is -2.44. The first-order chi connectivity index (χ1) is 13.4. The summed E-state index contributed by atoms with van der Waals surface area (Å²) in [5.41, 5.74) is 0.644. The molecule has 28 heavy (non-hydrogen) atoms. The van der Waals surface area contributed by atoms with E-state index in [1.165, 1.54) is 38.0 Å². The highest BCUT2D eigenvalue weighted by atomic mass is 32.2. The third-order valence-electron chi connectivity index (χ3n) is 4.00. The van der Waals surface area contributed by atoms with Gasteiger partial charge in [-0.15, -0.1) is 0 Å². The number of thioether (sulfide) groups is 2. The molecule has 1 unspecified atom stereocenters. The zero-order valence-corrected chi connectivity index (χ0v) is 18.3. The molecule has 152 valence electrons. The molecule has 1 heterocycles. The molecule has 1 N–H and O–H groups in total. The van der Waals surface area contributed by atoms with Crippen molar-refractivity contribution >= 4 is 58.0 Å². The maximum atomic E-state index is 12.9. The lowest BCUT2D eigenvalue weighted by molar-refractivity contribution is -0.145. The third-order valence-corrected chi connectivity index (χ3v) is 5.97. The molecule has 1 amide bonds. The van der Waals surface area contributed by atoms with Crippen LogP contribution in [-0.4, -0.2) is 65.6 Å². The molecule has 0 radical (unpaired) electrons. The number of ether oxygens (including phenoxy) is 3. The Morgan fingerprint density at radius 2 is 1.89 bits per heavy atom. The summed E-state index contributed by atoms with van der Waals surface area (Å²) in [6.07, 6.45) is 3.84. The van der Waals surface area contributed by atoms with Crippen molar-refractivity contribution in [3.8, 4) is 17.2 Å². The number of carbonyl (C=O) groups is 2. The van der Waals surface area contributed by atoms with Crippen molar-refractivity contribution in [2.24, 2.45) is 0 Å². The van der Waals surface area contributed by atoms with Crippen LogP contribution in [0.25, 0.3) is 6.08 Å². The number of rotatable bonds is 9. The number of amides is 1. The Kier molecular flexibility index (Phi) is 8.02. The summed E-state index contributed by atoms with van der Waals surface area (Å²) in [5.74, 6) is 0.466. The molecule has 1 atom stereocenters. The summed E-state index contributed by atoms with van der Waals surface area (Å²) < 4.78 is 16.2. The first-order valence-corrected chi connectivity index (χ1v) is 10.8. The molecule has 0 bridgehead atoms. The number of nitrogens with zero attached hydrogens (tertiary/aromatic N) is 1. The molecule has 0 aromatic heterocycles. The average molecular weight is 444 g/mol. The molecule has 1 aromatic carbocycles. The SMILES string of the molecule is COc1cc(/C=C2\SC(=S)N(C(CCSC)C(=O)O)C2=O)cc(OC)c1OC. The highest BCUT2D eigenvalue weighted by molar-refractivity contribution is 8.26. The fraction of sp³-hybridized carbons (Fsp3) is 0.389. The van der Waals surface area contributed by atoms with Gasteiger partial charge in [0, 0.05) is 0 Å². The summed E-state index contributed by atoms with van der Waals surface area (Å²) in [7, 11) is 4.51. The normalized spacial score (nSPS) is 16.4. The highest BCUT2D eigenvalue weighted by Gasteiger charge is 2.40. The van der Waals surface area contributed by atoms with Crippen molar-refractivity contribution in [2.75, 3.05) is 33.3 Å². The number of hydrogen-bond acceptors (Lipinski definition) is 8. The molecule has 2 rings (SSSR count). The molecular weight excluding hydrogens is 422 g/mol.